The maximum absolute atomic E-state index is 13.9. The first kappa shape index (κ1) is 27.2. The summed E-state index contributed by atoms with van der Waals surface area (Å²) in [6.07, 6.45) is 0. The fourth-order valence-electron chi connectivity index (χ4n) is 5.06. The van der Waals surface area contributed by atoms with Gasteiger partial charge in [-0.05, 0) is 64.7 Å². The van der Waals surface area contributed by atoms with Gasteiger partial charge in [0.1, 0.15) is 11.8 Å². The Balaban J connectivity index is 1.70. The van der Waals surface area contributed by atoms with Gasteiger partial charge in [0.2, 0.25) is 0 Å². The molecule has 0 aliphatic heterocycles. The highest BCUT2D eigenvalue weighted by Crippen LogP contribution is 2.31. The molecule has 0 fully saturated rings. The minimum absolute atomic E-state index is 0.166. The number of benzene rings is 3. The number of hydrogen-bond donors (Lipinski definition) is 1. The maximum atomic E-state index is 13.9. The Bertz CT molecular complexity index is 1630. The Morgan fingerprint density at radius 2 is 1.62 bits per heavy atom. The standard InChI is InChI=1S/C31H34N6O3/c1-21-10-11-22(2)28-26(21)18-27(31(38)32-28)29(30-33-34-35-37(30)16-17-39-3)36(19-23-8-6-5-7-9-23)20-24-12-14-25(40-4)15-13-24/h5-15,18,29H,16-17,19-20H2,1-4H3,(H,32,38)/t29-/m0/s1. The summed E-state index contributed by atoms with van der Waals surface area (Å²) in [7, 11) is 3.30. The van der Waals surface area contributed by atoms with Crippen molar-refractivity contribution >= 4 is 10.9 Å². The van der Waals surface area contributed by atoms with Gasteiger partial charge in [0, 0.05) is 31.1 Å². The second-order valence-electron chi connectivity index (χ2n) is 9.94. The Hall–Kier alpha value is -4.34. The van der Waals surface area contributed by atoms with Crippen molar-refractivity contribution in [2.45, 2.75) is 39.5 Å². The average Bonchev–Trinajstić information content (AvgIpc) is 3.43. The third-order valence-electron chi connectivity index (χ3n) is 7.22. The number of fused-ring (bicyclic) bond motifs is 1. The third kappa shape index (κ3) is 5.80. The van der Waals surface area contributed by atoms with Crippen LogP contribution in [0.2, 0.25) is 0 Å². The van der Waals surface area contributed by atoms with Crippen molar-refractivity contribution < 1.29 is 9.47 Å². The van der Waals surface area contributed by atoms with Crippen molar-refractivity contribution in [1.29, 1.82) is 0 Å². The second kappa shape index (κ2) is 12.2. The quantitative estimate of drug-likeness (QED) is 0.263. The summed E-state index contributed by atoms with van der Waals surface area (Å²) in [4.78, 5) is 19.3. The van der Waals surface area contributed by atoms with E-state index < -0.39 is 6.04 Å². The predicted octanol–water partition coefficient (Wildman–Crippen LogP) is 4.58. The molecule has 9 heteroatoms. The molecule has 0 spiro atoms. The minimum atomic E-state index is -0.540. The zero-order chi connectivity index (χ0) is 28.1. The van der Waals surface area contributed by atoms with E-state index in [1.165, 1.54) is 0 Å². The number of nitrogens with one attached hydrogen (secondary N) is 1. The normalized spacial score (nSPS) is 12.2. The predicted molar refractivity (Wildman–Crippen MR) is 154 cm³/mol. The van der Waals surface area contributed by atoms with Gasteiger partial charge in [-0.25, -0.2) is 4.68 Å². The molecule has 2 aromatic heterocycles. The monoisotopic (exact) mass is 538 g/mol. The van der Waals surface area contributed by atoms with E-state index in [2.05, 4.69) is 50.5 Å². The highest BCUT2D eigenvalue weighted by molar-refractivity contribution is 5.85. The van der Waals surface area contributed by atoms with Crippen molar-refractivity contribution in [3.05, 3.63) is 117 Å². The lowest BCUT2D eigenvalue weighted by atomic mass is 9.98. The number of methoxy groups -OCH3 is 2. The van der Waals surface area contributed by atoms with Crippen molar-refractivity contribution in [1.82, 2.24) is 30.1 Å². The molecule has 40 heavy (non-hydrogen) atoms. The molecule has 0 aliphatic rings. The number of hydrogen-bond acceptors (Lipinski definition) is 7. The van der Waals surface area contributed by atoms with Gasteiger partial charge in [-0.15, -0.1) is 5.10 Å². The van der Waals surface area contributed by atoms with Crippen LogP contribution in [0.25, 0.3) is 10.9 Å². The molecule has 0 aliphatic carbocycles. The first-order valence-corrected chi connectivity index (χ1v) is 13.3. The SMILES string of the molecule is COCCn1nnnc1[C@H](c1cc2c(C)ccc(C)c2[nH]c1=O)N(Cc1ccccc1)Cc1ccc(OC)cc1. The number of tetrazole rings is 1. The fraction of sp³-hybridized carbons (Fsp3) is 0.290. The number of pyridine rings is 1. The summed E-state index contributed by atoms with van der Waals surface area (Å²) >= 11 is 0. The second-order valence-corrected chi connectivity index (χ2v) is 9.94. The molecule has 5 rings (SSSR count). The van der Waals surface area contributed by atoms with Crippen LogP contribution < -0.4 is 10.3 Å². The van der Waals surface area contributed by atoms with E-state index in [1.807, 2.05) is 61.5 Å². The van der Waals surface area contributed by atoms with Gasteiger partial charge in [0.05, 0.1) is 25.8 Å². The van der Waals surface area contributed by atoms with Crippen LogP contribution in [-0.4, -0.2) is 50.9 Å². The van der Waals surface area contributed by atoms with E-state index in [9.17, 15) is 4.79 Å². The van der Waals surface area contributed by atoms with E-state index in [0.717, 1.165) is 38.9 Å². The first-order valence-electron chi connectivity index (χ1n) is 13.3. The molecule has 1 atom stereocenters. The summed E-state index contributed by atoms with van der Waals surface area (Å²) in [6, 6.07) is 23.8. The number of H-pyrrole nitrogens is 1. The number of nitrogens with zero attached hydrogens (tertiary/aromatic N) is 5. The van der Waals surface area contributed by atoms with Gasteiger partial charge >= 0.3 is 0 Å². The Morgan fingerprint density at radius 1 is 0.925 bits per heavy atom. The number of ether oxygens (including phenoxy) is 2. The number of aryl methyl sites for hydroxylation is 2. The number of aromatic amines is 1. The van der Waals surface area contributed by atoms with Crippen molar-refractivity contribution in [3.8, 4) is 5.75 Å². The largest absolute Gasteiger partial charge is 0.497 e. The highest BCUT2D eigenvalue weighted by Gasteiger charge is 2.31. The van der Waals surface area contributed by atoms with E-state index in [0.29, 0.717) is 37.6 Å². The molecule has 2 heterocycles. The van der Waals surface area contributed by atoms with Crippen LogP contribution in [0.4, 0.5) is 0 Å². The van der Waals surface area contributed by atoms with Crippen molar-refractivity contribution in [2.24, 2.45) is 0 Å². The topological polar surface area (TPSA) is 98.2 Å². The van der Waals surface area contributed by atoms with Gasteiger partial charge in [0.25, 0.3) is 5.56 Å². The molecule has 5 aromatic rings. The first-order chi connectivity index (χ1) is 19.5. The highest BCUT2D eigenvalue weighted by atomic mass is 16.5. The summed E-state index contributed by atoms with van der Waals surface area (Å²) in [5, 5.41) is 13.7. The zero-order valence-corrected chi connectivity index (χ0v) is 23.3. The molecular weight excluding hydrogens is 504 g/mol. The fourth-order valence-corrected chi connectivity index (χ4v) is 5.06. The lowest BCUT2D eigenvalue weighted by Crippen LogP contribution is -2.35. The molecule has 0 bridgehead atoms. The van der Waals surface area contributed by atoms with Crippen LogP contribution in [0.3, 0.4) is 0 Å². The molecule has 0 saturated carbocycles. The van der Waals surface area contributed by atoms with Crippen molar-refractivity contribution in [2.75, 3.05) is 20.8 Å². The van der Waals surface area contributed by atoms with Crippen LogP contribution in [0.15, 0.2) is 77.6 Å². The Labute approximate surface area is 233 Å². The van der Waals surface area contributed by atoms with Crippen LogP contribution in [0.5, 0.6) is 5.75 Å². The molecule has 0 unspecified atom stereocenters. The van der Waals surface area contributed by atoms with E-state index in [-0.39, 0.29) is 5.56 Å². The molecule has 0 amide bonds. The van der Waals surface area contributed by atoms with Gasteiger partial charge in [-0.3, -0.25) is 9.69 Å². The average molecular weight is 539 g/mol. The summed E-state index contributed by atoms with van der Waals surface area (Å²) in [5.74, 6) is 1.37. The van der Waals surface area contributed by atoms with Crippen LogP contribution in [-0.2, 0) is 24.4 Å². The van der Waals surface area contributed by atoms with Gasteiger partial charge in [-0.1, -0.05) is 54.6 Å². The number of rotatable bonds is 11. The molecular formula is C31H34N6O3. The third-order valence-corrected chi connectivity index (χ3v) is 7.22. The van der Waals surface area contributed by atoms with Gasteiger partial charge in [0.15, 0.2) is 5.82 Å². The van der Waals surface area contributed by atoms with E-state index in [4.69, 9.17) is 9.47 Å². The smallest absolute Gasteiger partial charge is 0.253 e. The lowest BCUT2D eigenvalue weighted by molar-refractivity contribution is 0.169. The zero-order valence-electron chi connectivity index (χ0n) is 23.3. The number of aromatic nitrogens is 5. The van der Waals surface area contributed by atoms with Crippen LogP contribution >= 0.6 is 0 Å². The molecule has 9 nitrogen and oxygen atoms in total. The summed E-state index contributed by atoms with van der Waals surface area (Å²) < 4.78 is 12.4. The lowest BCUT2D eigenvalue weighted by Gasteiger charge is -2.31. The molecule has 0 saturated heterocycles. The van der Waals surface area contributed by atoms with Crippen LogP contribution in [0.1, 0.15) is 39.7 Å². The van der Waals surface area contributed by atoms with E-state index >= 15 is 0 Å². The minimum Gasteiger partial charge on any atom is -0.497 e. The van der Waals surface area contributed by atoms with E-state index in [1.54, 1.807) is 18.9 Å². The molecule has 3 aromatic carbocycles. The molecule has 206 valence electrons. The summed E-state index contributed by atoms with van der Waals surface area (Å²) in [6.45, 7) is 6.07. The Morgan fingerprint density at radius 3 is 2.33 bits per heavy atom. The van der Waals surface area contributed by atoms with Gasteiger partial charge in [-0.2, -0.15) is 0 Å². The Kier molecular flexibility index (Phi) is 8.33. The maximum Gasteiger partial charge on any atom is 0.253 e. The summed E-state index contributed by atoms with van der Waals surface area (Å²) in [5.41, 5.74) is 5.55. The molecule has 1 N–H and O–H groups in total. The van der Waals surface area contributed by atoms with Crippen molar-refractivity contribution in [3.63, 3.8) is 0 Å². The van der Waals surface area contributed by atoms with Crippen LogP contribution in [0, 0.1) is 13.8 Å². The van der Waals surface area contributed by atoms with Gasteiger partial charge < -0.3 is 14.5 Å². The molecule has 0 radical (unpaired) electrons.